The molecular formula is C15H17F5O5. The fourth-order valence-electron chi connectivity index (χ4n) is 5.15. The normalized spacial score (nSPS) is 37.2. The molecule has 142 valence electrons. The van der Waals surface area contributed by atoms with Gasteiger partial charge in [0.1, 0.15) is 0 Å². The Balaban J connectivity index is 1.81. The van der Waals surface area contributed by atoms with E-state index in [2.05, 4.69) is 9.47 Å². The number of carboxylic acids is 1. The van der Waals surface area contributed by atoms with Gasteiger partial charge < -0.3 is 14.6 Å². The van der Waals surface area contributed by atoms with Crippen molar-refractivity contribution >= 4 is 11.9 Å². The fraction of sp³-hybridized carbons (Fsp3) is 0.867. The third kappa shape index (κ3) is 3.45. The summed E-state index contributed by atoms with van der Waals surface area (Å²) in [6, 6.07) is 0. The molecule has 0 amide bonds. The number of rotatable bonds is 5. The Hall–Kier alpha value is -1.45. The van der Waals surface area contributed by atoms with Crippen molar-refractivity contribution in [1.82, 2.24) is 0 Å². The standard InChI is InChI=1S/C15H17F5O5/c16-14(17,18)7-24-11(23)12-2-8-1-9(3-12)5-13(4-8,6-12)25-15(19,20)10(21)22/h8-9H,1-7H2,(H,21,22). The Labute approximate surface area is 139 Å². The molecule has 1 N–H and O–H groups in total. The van der Waals surface area contributed by atoms with Crippen LogP contribution in [0.15, 0.2) is 0 Å². The van der Waals surface area contributed by atoms with E-state index in [0.29, 0.717) is 6.42 Å². The first kappa shape index (κ1) is 18.3. The van der Waals surface area contributed by atoms with Crippen LogP contribution in [0.5, 0.6) is 0 Å². The number of alkyl halides is 5. The van der Waals surface area contributed by atoms with E-state index in [4.69, 9.17) is 5.11 Å². The maximum absolute atomic E-state index is 13.6. The summed E-state index contributed by atoms with van der Waals surface area (Å²) in [5.41, 5.74) is -2.84. The van der Waals surface area contributed by atoms with Gasteiger partial charge in [-0.05, 0) is 50.4 Å². The van der Waals surface area contributed by atoms with E-state index >= 15 is 0 Å². The molecule has 0 aromatic rings. The van der Waals surface area contributed by atoms with Crippen LogP contribution in [0.4, 0.5) is 22.0 Å². The Kier molecular flexibility index (Phi) is 4.05. The molecule has 0 spiro atoms. The number of esters is 1. The van der Waals surface area contributed by atoms with Crippen LogP contribution in [0.1, 0.15) is 38.5 Å². The first-order valence-corrected chi connectivity index (χ1v) is 7.90. The van der Waals surface area contributed by atoms with Crippen LogP contribution in [-0.2, 0) is 19.1 Å². The Morgan fingerprint density at radius 3 is 2.08 bits per heavy atom. The van der Waals surface area contributed by atoms with Gasteiger partial charge in [-0.25, -0.2) is 4.79 Å². The van der Waals surface area contributed by atoms with Gasteiger partial charge >= 0.3 is 24.2 Å². The average molecular weight is 372 g/mol. The largest absolute Gasteiger partial charge is 0.475 e. The van der Waals surface area contributed by atoms with Gasteiger partial charge in [0.15, 0.2) is 6.61 Å². The SMILES string of the molecule is O=C(OCC(F)(F)F)C12CC3CC(CC(OC(F)(F)C(=O)O)(C3)C1)C2. The lowest BCUT2D eigenvalue weighted by Crippen LogP contribution is -2.61. The van der Waals surface area contributed by atoms with Gasteiger partial charge in [-0.2, -0.15) is 22.0 Å². The lowest BCUT2D eigenvalue weighted by molar-refractivity contribution is -0.322. The minimum absolute atomic E-state index is 0.167. The summed E-state index contributed by atoms with van der Waals surface area (Å²) >= 11 is 0. The molecule has 0 aromatic carbocycles. The summed E-state index contributed by atoms with van der Waals surface area (Å²) in [7, 11) is 0. The Bertz CT molecular complexity index is 573. The van der Waals surface area contributed by atoms with E-state index in [0.717, 1.165) is 0 Å². The van der Waals surface area contributed by atoms with Crippen LogP contribution in [0.25, 0.3) is 0 Å². The number of hydrogen-bond acceptors (Lipinski definition) is 4. The summed E-state index contributed by atoms with van der Waals surface area (Å²) in [6.45, 7) is -1.73. The van der Waals surface area contributed by atoms with Crippen LogP contribution in [0.3, 0.4) is 0 Å². The first-order valence-electron chi connectivity index (χ1n) is 7.90. The zero-order valence-corrected chi connectivity index (χ0v) is 13.1. The van der Waals surface area contributed by atoms with Gasteiger partial charge in [-0.3, -0.25) is 4.79 Å². The van der Waals surface area contributed by atoms with E-state index in [1.807, 2.05) is 0 Å². The summed E-state index contributed by atoms with van der Waals surface area (Å²) < 4.78 is 73.2. The molecule has 0 heterocycles. The number of hydrogen-bond donors (Lipinski definition) is 1. The Morgan fingerprint density at radius 1 is 1.04 bits per heavy atom. The van der Waals surface area contributed by atoms with E-state index in [9.17, 15) is 31.5 Å². The molecule has 5 nitrogen and oxygen atoms in total. The molecule has 4 aliphatic rings. The highest BCUT2D eigenvalue weighted by molar-refractivity contribution is 5.78. The summed E-state index contributed by atoms with van der Waals surface area (Å²) in [4.78, 5) is 23.0. The molecular weight excluding hydrogens is 355 g/mol. The number of carbonyl (C=O) groups excluding carboxylic acids is 1. The van der Waals surface area contributed by atoms with Crippen LogP contribution in [0, 0.1) is 17.3 Å². The second kappa shape index (κ2) is 5.52. The zero-order valence-electron chi connectivity index (χ0n) is 13.1. The molecule has 10 heteroatoms. The minimum atomic E-state index is -4.68. The highest BCUT2D eigenvalue weighted by Crippen LogP contribution is 2.64. The smallest absolute Gasteiger partial charge is 0.456 e. The molecule has 4 bridgehead atoms. The van der Waals surface area contributed by atoms with E-state index in [1.165, 1.54) is 0 Å². The lowest BCUT2D eigenvalue weighted by Gasteiger charge is -2.60. The number of halogens is 5. The molecule has 0 radical (unpaired) electrons. The quantitative estimate of drug-likeness (QED) is 0.593. The molecule has 2 unspecified atom stereocenters. The predicted molar refractivity (Wildman–Crippen MR) is 70.5 cm³/mol. The molecule has 4 rings (SSSR count). The summed E-state index contributed by atoms with van der Waals surface area (Å²) in [5.74, 6) is -3.85. The highest BCUT2D eigenvalue weighted by atomic mass is 19.4. The second-order valence-electron chi connectivity index (χ2n) is 7.54. The number of aliphatic carboxylic acids is 1. The molecule has 4 aliphatic carbocycles. The van der Waals surface area contributed by atoms with Crippen molar-refractivity contribution in [2.45, 2.75) is 56.4 Å². The van der Waals surface area contributed by atoms with Crippen molar-refractivity contribution < 1.29 is 46.1 Å². The van der Waals surface area contributed by atoms with Gasteiger partial charge in [0.2, 0.25) is 0 Å². The van der Waals surface area contributed by atoms with Gasteiger partial charge in [0.05, 0.1) is 11.0 Å². The summed E-state index contributed by atoms with van der Waals surface area (Å²) in [5, 5.41) is 8.60. The van der Waals surface area contributed by atoms with Crippen molar-refractivity contribution in [3.05, 3.63) is 0 Å². The van der Waals surface area contributed by atoms with Gasteiger partial charge in [0, 0.05) is 0 Å². The van der Waals surface area contributed by atoms with Crippen LogP contribution < -0.4 is 0 Å². The topological polar surface area (TPSA) is 72.8 Å². The van der Waals surface area contributed by atoms with Crippen molar-refractivity contribution in [2.24, 2.45) is 17.3 Å². The van der Waals surface area contributed by atoms with Crippen LogP contribution in [-0.4, -0.2) is 41.5 Å². The highest BCUT2D eigenvalue weighted by Gasteiger charge is 2.65. The maximum atomic E-state index is 13.6. The van der Waals surface area contributed by atoms with Crippen molar-refractivity contribution in [1.29, 1.82) is 0 Å². The minimum Gasteiger partial charge on any atom is -0.475 e. The maximum Gasteiger partial charge on any atom is 0.456 e. The molecule has 25 heavy (non-hydrogen) atoms. The first-order chi connectivity index (χ1) is 11.3. The molecule has 2 atom stereocenters. The lowest BCUT2D eigenvalue weighted by atomic mass is 9.48. The van der Waals surface area contributed by atoms with Crippen molar-refractivity contribution in [3.8, 4) is 0 Å². The third-order valence-electron chi connectivity index (χ3n) is 5.40. The predicted octanol–water partition coefficient (Wildman–Crippen LogP) is 3.12. The van der Waals surface area contributed by atoms with Crippen molar-refractivity contribution in [2.75, 3.05) is 6.61 Å². The van der Waals surface area contributed by atoms with Gasteiger partial charge in [0.25, 0.3) is 0 Å². The number of ether oxygens (including phenoxy) is 2. The van der Waals surface area contributed by atoms with E-state index in [1.54, 1.807) is 0 Å². The van der Waals surface area contributed by atoms with E-state index < -0.39 is 41.8 Å². The number of carboxylic acid groups (broad SMARTS) is 1. The molecule has 0 saturated heterocycles. The molecule has 4 fully saturated rings. The second-order valence-corrected chi connectivity index (χ2v) is 7.54. The summed E-state index contributed by atoms with van der Waals surface area (Å²) in [6.07, 6.45) is -7.83. The number of carbonyl (C=O) groups is 2. The monoisotopic (exact) mass is 372 g/mol. The molecule has 0 aromatic heterocycles. The fourth-order valence-corrected chi connectivity index (χ4v) is 5.15. The van der Waals surface area contributed by atoms with Crippen molar-refractivity contribution in [3.63, 3.8) is 0 Å². The molecule has 0 aliphatic heterocycles. The molecule has 4 saturated carbocycles. The third-order valence-corrected chi connectivity index (χ3v) is 5.40. The zero-order chi connectivity index (χ0) is 18.7. The average Bonchev–Trinajstić information content (AvgIpc) is 2.41. The van der Waals surface area contributed by atoms with Crippen LogP contribution in [0.2, 0.25) is 0 Å². The van der Waals surface area contributed by atoms with E-state index in [-0.39, 0.29) is 43.9 Å². The van der Waals surface area contributed by atoms with Gasteiger partial charge in [-0.15, -0.1) is 0 Å². The Morgan fingerprint density at radius 2 is 1.60 bits per heavy atom. The van der Waals surface area contributed by atoms with Crippen LogP contribution >= 0.6 is 0 Å². The van der Waals surface area contributed by atoms with Gasteiger partial charge in [-0.1, -0.05) is 0 Å².